The van der Waals surface area contributed by atoms with Crippen LogP contribution in [0.5, 0.6) is 0 Å². The lowest BCUT2D eigenvalue weighted by atomic mass is 10.0. The molecule has 16 heavy (non-hydrogen) atoms. The predicted octanol–water partition coefficient (Wildman–Crippen LogP) is 0.789. The first-order chi connectivity index (χ1) is 7.67. The average molecular weight is 223 g/mol. The largest absolute Gasteiger partial charge is 0.395 e. The van der Waals surface area contributed by atoms with Crippen molar-refractivity contribution in [1.29, 1.82) is 0 Å². The maximum atomic E-state index is 8.89. The van der Waals surface area contributed by atoms with Crippen molar-refractivity contribution in [2.24, 2.45) is 0 Å². The molecule has 3 N–H and O–H groups in total. The number of aliphatic hydroxyl groups is 2. The zero-order valence-corrected chi connectivity index (χ0v) is 10.0. The molecule has 0 unspecified atom stereocenters. The summed E-state index contributed by atoms with van der Waals surface area (Å²) in [6.07, 6.45) is 0.919. The molecule has 3 heteroatoms. The highest BCUT2D eigenvalue weighted by Crippen LogP contribution is 2.10. The number of aliphatic hydroxyl groups excluding tert-OH is 2. The fraction of sp³-hybridized carbons (Fsp3) is 0.538. The Kier molecular flexibility index (Phi) is 5.46. The van der Waals surface area contributed by atoms with E-state index < -0.39 is 0 Å². The monoisotopic (exact) mass is 223 g/mol. The Morgan fingerprint density at radius 3 is 2.44 bits per heavy atom. The maximum Gasteiger partial charge on any atom is 0.0607 e. The molecule has 0 spiro atoms. The first-order valence-electron chi connectivity index (χ1n) is 5.68. The van der Waals surface area contributed by atoms with Crippen molar-refractivity contribution >= 4 is 0 Å². The SMILES string of the molecule is Cc1ccc(CCNC(CO)CO)c(C)c1. The molecule has 3 nitrogen and oxygen atoms in total. The third-order valence-electron chi connectivity index (χ3n) is 2.77. The van der Waals surface area contributed by atoms with Crippen LogP contribution in [0.2, 0.25) is 0 Å². The summed E-state index contributed by atoms with van der Waals surface area (Å²) >= 11 is 0. The van der Waals surface area contributed by atoms with E-state index in [0.717, 1.165) is 13.0 Å². The summed E-state index contributed by atoms with van der Waals surface area (Å²) in [5, 5.41) is 20.9. The molecule has 0 heterocycles. The second-order valence-electron chi connectivity index (χ2n) is 4.20. The van der Waals surface area contributed by atoms with Crippen LogP contribution in [0.4, 0.5) is 0 Å². The van der Waals surface area contributed by atoms with Gasteiger partial charge in [-0.2, -0.15) is 0 Å². The van der Waals surface area contributed by atoms with E-state index in [4.69, 9.17) is 10.2 Å². The lowest BCUT2D eigenvalue weighted by Crippen LogP contribution is -2.37. The number of hydrogen-bond acceptors (Lipinski definition) is 3. The van der Waals surface area contributed by atoms with E-state index in [1.807, 2.05) is 0 Å². The smallest absolute Gasteiger partial charge is 0.0607 e. The van der Waals surface area contributed by atoms with Crippen LogP contribution in [-0.4, -0.2) is 36.0 Å². The lowest BCUT2D eigenvalue weighted by molar-refractivity contribution is 0.171. The van der Waals surface area contributed by atoms with Crippen molar-refractivity contribution in [2.45, 2.75) is 26.3 Å². The van der Waals surface area contributed by atoms with Crippen molar-refractivity contribution in [3.05, 3.63) is 34.9 Å². The molecule has 0 aromatic heterocycles. The van der Waals surface area contributed by atoms with E-state index >= 15 is 0 Å². The number of hydrogen-bond donors (Lipinski definition) is 3. The third kappa shape index (κ3) is 3.93. The van der Waals surface area contributed by atoms with Gasteiger partial charge in [-0.05, 0) is 37.9 Å². The van der Waals surface area contributed by atoms with Crippen molar-refractivity contribution in [3.63, 3.8) is 0 Å². The van der Waals surface area contributed by atoms with Gasteiger partial charge in [0.1, 0.15) is 0 Å². The van der Waals surface area contributed by atoms with E-state index in [9.17, 15) is 0 Å². The summed E-state index contributed by atoms with van der Waals surface area (Å²) in [6, 6.07) is 6.22. The second-order valence-corrected chi connectivity index (χ2v) is 4.20. The molecule has 0 fully saturated rings. The number of aryl methyl sites for hydroxylation is 2. The van der Waals surface area contributed by atoms with Gasteiger partial charge in [0, 0.05) is 0 Å². The van der Waals surface area contributed by atoms with Crippen LogP contribution in [0.1, 0.15) is 16.7 Å². The standard InChI is InChI=1S/C13H21NO2/c1-10-3-4-12(11(2)7-10)5-6-14-13(8-15)9-16/h3-4,7,13-16H,5-6,8-9H2,1-2H3. The number of rotatable bonds is 6. The Hall–Kier alpha value is -0.900. The van der Waals surface area contributed by atoms with Gasteiger partial charge < -0.3 is 15.5 Å². The van der Waals surface area contributed by atoms with E-state index in [1.165, 1.54) is 16.7 Å². The Balaban J connectivity index is 2.42. The molecule has 0 radical (unpaired) electrons. The van der Waals surface area contributed by atoms with Gasteiger partial charge in [-0.3, -0.25) is 0 Å². The Bertz CT molecular complexity index is 322. The van der Waals surface area contributed by atoms with Crippen LogP contribution in [0.15, 0.2) is 18.2 Å². The summed E-state index contributed by atoms with van der Waals surface area (Å²) in [4.78, 5) is 0. The molecular weight excluding hydrogens is 202 g/mol. The van der Waals surface area contributed by atoms with Crippen molar-refractivity contribution in [2.75, 3.05) is 19.8 Å². The van der Waals surface area contributed by atoms with Gasteiger partial charge in [-0.25, -0.2) is 0 Å². The van der Waals surface area contributed by atoms with Gasteiger partial charge >= 0.3 is 0 Å². The summed E-state index contributed by atoms with van der Waals surface area (Å²) in [5.74, 6) is 0. The normalized spacial score (nSPS) is 11.1. The Morgan fingerprint density at radius 2 is 1.88 bits per heavy atom. The van der Waals surface area contributed by atoms with E-state index in [2.05, 4.69) is 37.4 Å². The molecule has 0 aliphatic carbocycles. The summed E-state index contributed by atoms with van der Waals surface area (Å²) < 4.78 is 0. The highest BCUT2D eigenvalue weighted by Gasteiger charge is 2.04. The van der Waals surface area contributed by atoms with Crippen LogP contribution in [0.3, 0.4) is 0 Å². The average Bonchev–Trinajstić information content (AvgIpc) is 2.27. The molecule has 0 saturated carbocycles. The van der Waals surface area contributed by atoms with Crippen molar-refractivity contribution < 1.29 is 10.2 Å². The fourth-order valence-corrected chi connectivity index (χ4v) is 1.72. The molecule has 1 aromatic carbocycles. The Morgan fingerprint density at radius 1 is 1.19 bits per heavy atom. The van der Waals surface area contributed by atoms with Gasteiger partial charge in [0.05, 0.1) is 19.3 Å². The van der Waals surface area contributed by atoms with E-state index in [1.54, 1.807) is 0 Å². The minimum absolute atomic E-state index is 0.0244. The van der Waals surface area contributed by atoms with Crippen LogP contribution >= 0.6 is 0 Å². The molecule has 1 rings (SSSR count). The van der Waals surface area contributed by atoms with Gasteiger partial charge in [0.25, 0.3) is 0 Å². The third-order valence-corrected chi connectivity index (χ3v) is 2.77. The lowest BCUT2D eigenvalue weighted by Gasteiger charge is -2.14. The minimum atomic E-state index is -0.203. The van der Waals surface area contributed by atoms with Gasteiger partial charge in [0.15, 0.2) is 0 Å². The summed E-state index contributed by atoms with van der Waals surface area (Å²) in [5.41, 5.74) is 3.89. The quantitative estimate of drug-likeness (QED) is 0.668. The van der Waals surface area contributed by atoms with Crippen molar-refractivity contribution in [1.82, 2.24) is 5.32 Å². The minimum Gasteiger partial charge on any atom is -0.395 e. The molecule has 0 aliphatic rings. The van der Waals surface area contributed by atoms with Crippen LogP contribution in [0, 0.1) is 13.8 Å². The molecular formula is C13H21NO2. The molecule has 1 aromatic rings. The van der Waals surface area contributed by atoms with Crippen LogP contribution < -0.4 is 5.32 Å². The highest BCUT2D eigenvalue weighted by atomic mass is 16.3. The molecule has 90 valence electrons. The Labute approximate surface area is 97.1 Å². The summed E-state index contributed by atoms with van der Waals surface area (Å²) in [6.45, 7) is 4.92. The molecule has 0 amide bonds. The first-order valence-corrected chi connectivity index (χ1v) is 5.68. The molecule has 0 aliphatic heterocycles. The maximum absolute atomic E-state index is 8.89. The number of nitrogens with one attached hydrogen (secondary N) is 1. The van der Waals surface area contributed by atoms with Gasteiger partial charge in [0.2, 0.25) is 0 Å². The number of benzene rings is 1. The fourth-order valence-electron chi connectivity index (χ4n) is 1.72. The zero-order valence-electron chi connectivity index (χ0n) is 10.0. The van der Waals surface area contributed by atoms with Crippen LogP contribution in [0.25, 0.3) is 0 Å². The van der Waals surface area contributed by atoms with Crippen molar-refractivity contribution in [3.8, 4) is 0 Å². The van der Waals surface area contributed by atoms with Crippen LogP contribution in [-0.2, 0) is 6.42 Å². The molecule has 0 atom stereocenters. The van der Waals surface area contributed by atoms with Gasteiger partial charge in [-0.1, -0.05) is 23.8 Å². The second kappa shape index (κ2) is 6.63. The zero-order chi connectivity index (χ0) is 12.0. The summed E-state index contributed by atoms with van der Waals surface area (Å²) in [7, 11) is 0. The van der Waals surface area contributed by atoms with Gasteiger partial charge in [-0.15, -0.1) is 0 Å². The highest BCUT2D eigenvalue weighted by molar-refractivity contribution is 5.30. The van der Waals surface area contributed by atoms with E-state index in [-0.39, 0.29) is 19.3 Å². The molecule has 0 bridgehead atoms. The molecule has 0 saturated heterocycles. The topological polar surface area (TPSA) is 52.5 Å². The first kappa shape index (κ1) is 13.2. The predicted molar refractivity (Wildman–Crippen MR) is 65.6 cm³/mol. The van der Waals surface area contributed by atoms with E-state index in [0.29, 0.717) is 0 Å².